The van der Waals surface area contributed by atoms with Gasteiger partial charge in [0, 0.05) is 13.0 Å². The minimum atomic E-state index is -1.55. The van der Waals surface area contributed by atoms with Crippen molar-refractivity contribution in [1.29, 1.82) is 0 Å². The third-order valence-electron chi connectivity index (χ3n) is 5.18. The first-order valence-corrected chi connectivity index (χ1v) is 11.9. The first kappa shape index (κ1) is 34.0. The lowest BCUT2D eigenvalue weighted by molar-refractivity contribution is -0.142. The summed E-state index contributed by atoms with van der Waals surface area (Å²) in [6.45, 7) is 0.426. The molecule has 0 bridgehead atoms. The topological polar surface area (TPSA) is 321 Å². The Kier molecular flexibility index (Phi) is 16.4. The fourth-order valence-electron chi connectivity index (χ4n) is 3.17. The molecule has 0 aliphatic rings. The Hall–Kier alpha value is -3.99. The van der Waals surface area contributed by atoms with Gasteiger partial charge in [-0.1, -0.05) is 0 Å². The summed E-state index contributed by atoms with van der Waals surface area (Å²) >= 11 is 0. The maximum absolute atomic E-state index is 13.0. The molecule has 0 heterocycles. The van der Waals surface area contributed by atoms with E-state index in [0.717, 1.165) is 0 Å². The van der Waals surface area contributed by atoms with Crippen molar-refractivity contribution < 1.29 is 39.0 Å². The summed E-state index contributed by atoms with van der Waals surface area (Å²) < 4.78 is 0. The van der Waals surface area contributed by atoms with E-state index in [1.807, 2.05) is 0 Å². The van der Waals surface area contributed by atoms with Gasteiger partial charge in [0.15, 0.2) is 5.96 Å². The molecule has 0 aromatic rings. The number of hydrogen-bond acceptors (Lipinski definition) is 9. The van der Waals surface area contributed by atoms with Gasteiger partial charge >= 0.3 is 11.9 Å². The van der Waals surface area contributed by atoms with Crippen molar-refractivity contribution in [2.75, 3.05) is 13.1 Å². The first-order chi connectivity index (χ1) is 17.8. The van der Waals surface area contributed by atoms with Gasteiger partial charge in [-0.15, -0.1) is 0 Å². The summed E-state index contributed by atoms with van der Waals surface area (Å²) in [6, 6.07) is -5.34. The van der Waals surface area contributed by atoms with Crippen LogP contribution in [0.2, 0.25) is 0 Å². The molecule has 17 heteroatoms. The van der Waals surface area contributed by atoms with Gasteiger partial charge < -0.3 is 54.8 Å². The first-order valence-electron chi connectivity index (χ1n) is 11.9. The van der Waals surface area contributed by atoms with Crippen molar-refractivity contribution in [2.24, 2.45) is 33.7 Å². The lowest BCUT2D eigenvalue weighted by Crippen LogP contribution is -2.57. The average molecular weight is 546 g/mol. The van der Waals surface area contributed by atoms with Gasteiger partial charge in [-0.3, -0.25) is 29.0 Å². The molecule has 0 saturated heterocycles. The van der Waals surface area contributed by atoms with Crippen LogP contribution in [0.4, 0.5) is 0 Å². The number of aliphatic imine (C=N–C) groups is 1. The van der Waals surface area contributed by atoms with Crippen LogP contribution >= 0.6 is 0 Å². The Bertz CT molecular complexity index is 864. The van der Waals surface area contributed by atoms with E-state index in [1.165, 1.54) is 0 Å². The number of primary amides is 1. The van der Waals surface area contributed by atoms with E-state index in [4.69, 9.17) is 33.8 Å². The SMILES string of the molecule is NCCCCC(NC(=O)C(N)CCC(=O)O)C(=O)NC(CC(N)=O)C(=O)NC(CCCN=C(N)N)C(=O)O. The molecule has 0 aliphatic carbocycles. The number of nitrogens with one attached hydrogen (secondary N) is 3. The predicted molar refractivity (Wildman–Crippen MR) is 135 cm³/mol. The summed E-state index contributed by atoms with van der Waals surface area (Å²) in [6.07, 6.45) is -0.0341. The van der Waals surface area contributed by atoms with Gasteiger partial charge in [-0.2, -0.15) is 0 Å². The number of hydrogen-bond donors (Lipinski definition) is 10. The quantitative estimate of drug-likeness (QED) is 0.0395. The fraction of sp³-hybridized carbons (Fsp3) is 0.667. The number of amides is 4. The van der Waals surface area contributed by atoms with E-state index in [0.29, 0.717) is 19.4 Å². The van der Waals surface area contributed by atoms with E-state index in [9.17, 15) is 33.9 Å². The van der Waals surface area contributed by atoms with Gasteiger partial charge in [0.2, 0.25) is 23.6 Å². The van der Waals surface area contributed by atoms with Gasteiger partial charge in [-0.05, 0) is 45.1 Å². The second-order valence-corrected chi connectivity index (χ2v) is 8.46. The molecular formula is C21H39N9O8. The standard InChI is InChI=1S/C21H39N9O8/c22-8-2-1-4-12(28-17(34)11(23)6-7-16(32)33)18(35)30-14(10-15(24)31)19(36)29-13(20(37)38)5-3-9-27-21(25)26/h11-14H,1-10,22-23H2,(H2,24,31)(H,28,34)(H,29,36)(H,30,35)(H,32,33)(H,37,38)(H4,25,26,27). The normalized spacial score (nSPS) is 13.7. The van der Waals surface area contributed by atoms with Crippen LogP contribution in [0.25, 0.3) is 0 Å². The van der Waals surface area contributed by atoms with Gasteiger partial charge in [0.1, 0.15) is 18.1 Å². The maximum atomic E-state index is 13.0. The van der Waals surface area contributed by atoms with E-state index in [1.54, 1.807) is 0 Å². The van der Waals surface area contributed by atoms with E-state index < -0.39 is 66.2 Å². The largest absolute Gasteiger partial charge is 0.481 e. The fourth-order valence-corrected chi connectivity index (χ4v) is 3.17. The number of carbonyl (C=O) groups excluding carboxylic acids is 4. The molecule has 0 aromatic carbocycles. The summed E-state index contributed by atoms with van der Waals surface area (Å²) in [5, 5.41) is 25.2. The Morgan fingerprint density at radius 2 is 1.29 bits per heavy atom. The van der Waals surface area contributed by atoms with Gasteiger partial charge in [-0.25, -0.2) is 4.79 Å². The molecule has 15 N–H and O–H groups in total. The highest BCUT2D eigenvalue weighted by molar-refractivity contribution is 5.96. The Morgan fingerprint density at radius 3 is 1.82 bits per heavy atom. The lowest BCUT2D eigenvalue weighted by atomic mass is 10.0. The molecule has 38 heavy (non-hydrogen) atoms. The highest BCUT2D eigenvalue weighted by Crippen LogP contribution is 2.06. The molecule has 0 aromatic heterocycles. The van der Waals surface area contributed by atoms with Crippen LogP contribution in [-0.2, 0) is 28.8 Å². The van der Waals surface area contributed by atoms with E-state index >= 15 is 0 Å². The van der Waals surface area contributed by atoms with Crippen LogP contribution in [0.3, 0.4) is 0 Å². The van der Waals surface area contributed by atoms with Gasteiger partial charge in [0.25, 0.3) is 0 Å². The van der Waals surface area contributed by atoms with Crippen molar-refractivity contribution in [2.45, 2.75) is 75.5 Å². The zero-order valence-electron chi connectivity index (χ0n) is 21.1. The summed E-state index contributed by atoms with van der Waals surface area (Å²) in [7, 11) is 0. The van der Waals surface area contributed by atoms with Crippen LogP contribution in [-0.4, -0.2) is 89.0 Å². The summed E-state index contributed by atoms with van der Waals surface area (Å²) in [5.41, 5.74) is 26.8. The molecule has 216 valence electrons. The number of guanidine groups is 1. The number of carboxylic acids is 2. The molecule has 0 aliphatic heterocycles. The number of carboxylic acid groups (broad SMARTS) is 2. The van der Waals surface area contributed by atoms with Crippen LogP contribution in [0.1, 0.15) is 51.4 Å². The summed E-state index contributed by atoms with van der Waals surface area (Å²) in [4.78, 5) is 75.8. The molecule has 0 radical (unpaired) electrons. The van der Waals surface area contributed by atoms with Crippen molar-refractivity contribution in [1.82, 2.24) is 16.0 Å². The minimum Gasteiger partial charge on any atom is -0.481 e. The van der Waals surface area contributed by atoms with Crippen molar-refractivity contribution in [3.63, 3.8) is 0 Å². The highest BCUT2D eigenvalue weighted by atomic mass is 16.4. The molecule has 4 atom stereocenters. The molecule has 0 saturated carbocycles. The monoisotopic (exact) mass is 545 g/mol. The van der Waals surface area contributed by atoms with E-state index in [-0.39, 0.29) is 44.6 Å². The van der Waals surface area contributed by atoms with Crippen LogP contribution in [0.15, 0.2) is 4.99 Å². The lowest BCUT2D eigenvalue weighted by Gasteiger charge is -2.24. The molecule has 4 unspecified atom stereocenters. The number of nitrogens with two attached hydrogens (primary N) is 5. The zero-order valence-corrected chi connectivity index (χ0v) is 21.1. The van der Waals surface area contributed by atoms with Gasteiger partial charge in [0.05, 0.1) is 12.5 Å². The van der Waals surface area contributed by atoms with E-state index in [2.05, 4.69) is 20.9 Å². The number of unbranched alkanes of at least 4 members (excludes halogenated alkanes) is 1. The highest BCUT2D eigenvalue weighted by Gasteiger charge is 2.31. The minimum absolute atomic E-state index is 0.0545. The van der Waals surface area contributed by atoms with Crippen LogP contribution < -0.4 is 44.6 Å². The summed E-state index contributed by atoms with van der Waals surface area (Å²) in [5.74, 6) is -6.29. The van der Waals surface area contributed by atoms with Crippen molar-refractivity contribution >= 4 is 41.5 Å². The zero-order chi connectivity index (χ0) is 29.3. The molecule has 0 rings (SSSR count). The number of rotatable bonds is 20. The average Bonchev–Trinajstić information content (AvgIpc) is 2.82. The molecule has 4 amide bonds. The number of aliphatic carboxylic acids is 2. The third kappa shape index (κ3) is 15.2. The molecule has 0 fully saturated rings. The van der Waals surface area contributed by atoms with Crippen molar-refractivity contribution in [3.8, 4) is 0 Å². The predicted octanol–water partition coefficient (Wildman–Crippen LogP) is -4.22. The Balaban J connectivity index is 5.50. The molecular weight excluding hydrogens is 506 g/mol. The molecule has 0 spiro atoms. The van der Waals surface area contributed by atoms with Crippen LogP contribution in [0.5, 0.6) is 0 Å². The smallest absolute Gasteiger partial charge is 0.326 e. The second-order valence-electron chi connectivity index (χ2n) is 8.46. The Labute approximate surface area is 219 Å². The second kappa shape index (κ2) is 18.3. The maximum Gasteiger partial charge on any atom is 0.326 e. The Morgan fingerprint density at radius 1 is 0.737 bits per heavy atom. The third-order valence-corrected chi connectivity index (χ3v) is 5.18. The number of nitrogens with zero attached hydrogens (tertiary/aromatic N) is 1. The molecule has 17 nitrogen and oxygen atoms in total. The van der Waals surface area contributed by atoms with Crippen LogP contribution in [0, 0.1) is 0 Å². The van der Waals surface area contributed by atoms with Crippen molar-refractivity contribution in [3.05, 3.63) is 0 Å². The number of carbonyl (C=O) groups is 6.